The van der Waals surface area contributed by atoms with Crippen LogP contribution < -0.4 is 5.32 Å². The molecule has 21 heavy (non-hydrogen) atoms. The van der Waals surface area contributed by atoms with Gasteiger partial charge in [-0.2, -0.15) is 14.6 Å². The first-order chi connectivity index (χ1) is 10.2. The first-order valence-electron chi connectivity index (χ1n) is 7.23. The quantitative estimate of drug-likeness (QED) is 0.896. The van der Waals surface area contributed by atoms with Gasteiger partial charge in [0.1, 0.15) is 18.2 Å². The number of fused-ring (bicyclic) bond motifs is 1. The highest BCUT2D eigenvalue weighted by Gasteiger charge is 2.42. The van der Waals surface area contributed by atoms with Crippen molar-refractivity contribution in [3.63, 3.8) is 0 Å². The van der Waals surface area contributed by atoms with Crippen molar-refractivity contribution >= 4 is 11.6 Å². The predicted molar refractivity (Wildman–Crippen MR) is 78.5 cm³/mol. The molecule has 0 aliphatic heterocycles. The molecule has 0 saturated heterocycles. The van der Waals surface area contributed by atoms with E-state index in [4.69, 9.17) is 9.47 Å². The van der Waals surface area contributed by atoms with Crippen LogP contribution in [0.25, 0.3) is 5.78 Å². The summed E-state index contributed by atoms with van der Waals surface area (Å²) in [6, 6.07) is 0.208. The monoisotopic (exact) mass is 291 g/mol. The Balaban J connectivity index is 1.85. The second kappa shape index (κ2) is 5.57. The van der Waals surface area contributed by atoms with Crippen molar-refractivity contribution in [2.24, 2.45) is 0 Å². The summed E-state index contributed by atoms with van der Waals surface area (Å²) in [6.45, 7) is 6.72. The van der Waals surface area contributed by atoms with Gasteiger partial charge in [-0.25, -0.2) is 4.98 Å². The van der Waals surface area contributed by atoms with E-state index in [0.717, 1.165) is 23.5 Å². The molecule has 2 aromatic rings. The summed E-state index contributed by atoms with van der Waals surface area (Å²) >= 11 is 0. The van der Waals surface area contributed by atoms with Crippen molar-refractivity contribution in [2.45, 2.75) is 45.4 Å². The number of hydrogen-bond acceptors (Lipinski definition) is 6. The van der Waals surface area contributed by atoms with E-state index in [1.54, 1.807) is 11.6 Å². The number of hydrogen-bond donors (Lipinski definition) is 1. The number of ether oxygens (including phenoxy) is 2. The Hall–Kier alpha value is -1.73. The zero-order chi connectivity index (χ0) is 15.0. The Morgan fingerprint density at radius 3 is 2.95 bits per heavy atom. The van der Waals surface area contributed by atoms with E-state index in [9.17, 15) is 0 Å². The van der Waals surface area contributed by atoms with Crippen LogP contribution in [0.1, 0.15) is 24.6 Å². The van der Waals surface area contributed by atoms with Gasteiger partial charge >= 0.3 is 0 Å². The van der Waals surface area contributed by atoms with Crippen LogP contribution in [0, 0.1) is 13.8 Å². The molecule has 0 spiro atoms. The summed E-state index contributed by atoms with van der Waals surface area (Å²) in [5.41, 5.74) is 2.02. The van der Waals surface area contributed by atoms with E-state index < -0.39 is 0 Å². The molecule has 1 saturated carbocycles. The molecule has 114 valence electrons. The lowest BCUT2D eigenvalue weighted by Gasteiger charge is -2.43. The maximum atomic E-state index is 5.66. The highest BCUT2D eigenvalue weighted by Crippen LogP contribution is 2.31. The minimum atomic E-state index is 0.0522. The van der Waals surface area contributed by atoms with Gasteiger partial charge < -0.3 is 14.8 Å². The van der Waals surface area contributed by atoms with Crippen LogP contribution in [0.15, 0.2) is 6.33 Å². The second-order valence-corrected chi connectivity index (χ2v) is 5.32. The van der Waals surface area contributed by atoms with E-state index in [-0.39, 0.29) is 18.2 Å². The topological polar surface area (TPSA) is 73.6 Å². The van der Waals surface area contributed by atoms with Gasteiger partial charge in [-0.15, -0.1) is 0 Å². The lowest BCUT2D eigenvalue weighted by Crippen LogP contribution is -2.57. The minimum absolute atomic E-state index is 0.0522. The smallest absolute Gasteiger partial charge is 0.254 e. The van der Waals surface area contributed by atoms with Crippen molar-refractivity contribution in [1.29, 1.82) is 0 Å². The number of nitrogens with zero attached hydrogens (tertiary/aromatic N) is 4. The fourth-order valence-electron chi connectivity index (χ4n) is 2.79. The third kappa shape index (κ3) is 2.36. The summed E-state index contributed by atoms with van der Waals surface area (Å²) in [7, 11) is 1.72. The Morgan fingerprint density at radius 2 is 2.24 bits per heavy atom. The van der Waals surface area contributed by atoms with E-state index in [1.807, 2.05) is 20.8 Å². The van der Waals surface area contributed by atoms with Gasteiger partial charge in [-0.3, -0.25) is 0 Å². The molecule has 0 amide bonds. The molecule has 1 fully saturated rings. The third-order valence-electron chi connectivity index (χ3n) is 4.13. The molecule has 1 N–H and O–H groups in total. The second-order valence-electron chi connectivity index (χ2n) is 5.32. The number of nitrogens with one attached hydrogen (secondary N) is 1. The lowest BCUT2D eigenvalue weighted by molar-refractivity contribution is -0.118. The lowest BCUT2D eigenvalue weighted by atomic mass is 9.85. The Bertz CT molecular complexity index is 642. The van der Waals surface area contributed by atoms with Crippen molar-refractivity contribution in [2.75, 3.05) is 19.0 Å². The van der Waals surface area contributed by atoms with E-state index in [1.165, 1.54) is 6.33 Å². The molecule has 7 heteroatoms. The molecule has 0 bridgehead atoms. The van der Waals surface area contributed by atoms with Crippen LogP contribution in [0.5, 0.6) is 0 Å². The van der Waals surface area contributed by atoms with Crippen LogP contribution in [0.3, 0.4) is 0 Å². The van der Waals surface area contributed by atoms with Crippen molar-refractivity contribution in [3.05, 3.63) is 17.6 Å². The molecular formula is C14H21N5O2. The first kappa shape index (κ1) is 14.2. The Labute approximate surface area is 123 Å². The maximum absolute atomic E-state index is 5.66. The summed E-state index contributed by atoms with van der Waals surface area (Å²) in [4.78, 5) is 8.58. The molecule has 7 nitrogen and oxygen atoms in total. The van der Waals surface area contributed by atoms with E-state index >= 15 is 0 Å². The van der Waals surface area contributed by atoms with Gasteiger partial charge in [0.05, 0.1) is 12.1 Å². The fraction of sp³-hybridized carbons (Fsp3) is 0.643. The standard InChI is InChI=1S/C14H21N5O2/c1-5-21-11-6-10(12(11)20-4)18-13-8(2)9(3)17-14-15-7-16-19(13)14/h7,10-12,18H,5-6H2,1-4H3/t10-,11-,12+/m1/s1. The summed E-state index contributed by atoms with van der Waals surface area (Å²) in [6.07, 6.45) is 2.65. The summed E-state index contributed by atoms with van der Waals surface area (Å²) < 4.78 is 13.0. The average Bonchev–Trinajstić information content (AvgIpc) is 2.89. The number of methoxy groups -OCH3 is 1. The van der Waals surface area contributed by atoms with E-state index in [0.29, 0.717) is 12.4 Å². The number of rotatable bonds is 5. The maximum Gasteiger partial charge on any atom is 0.254 e. The molecule has 2 heterocycles. The van der Waals surface area contributed by atoms with Crippen molar-refractivity contribution in [3.8, 4) is 0 Å². The van der Waals surface area contributed by atoms with Gasteiger partial charge in [0.25, 0.3) is 5.78 Å². The molecule has 0 unspecified atom stereocenters. The van der Waals surface area contributed by atoms with Crippen LogP contribution in [-0.4, -0.2) is 51.5 Å². The fourth-order valence-corrected chi connectivity index (χ4v) is 2.79. The van der Waals surface area contributed by atoms with Crippen molar-refractivity contribution in [1.82, 2.24) is 19.6 Å². The molecule has 2 aromatic heterocycles. The molecule has 1 aliphatic rings. The minimum Gasteiger partial charge on any atom is -0.377 e. The number of aryl methyl sites for hydroxylation is 1. The Morgan fingerprint density at radius 1 is 1.43 bits per heavy atom. The van der Waals surface area contributed by atoms with Crippen LogP contribution >= 0.6 is 0 Å². The van der Waals surface area contributed by atoms with Gasteiger partial charge in [0.2, 0.25) is 0 Å². The van der Waals surface area contributed by atoms with E-state index in [2.05, 4.69) is 20.4 Å². The zero-order valence-electron chi connectivity index (χ0n) is 12.8. The summed E-state index contributed by atoms with van der Waals surface area (Å²) in [5.74, 6) is 1.53. The van der Waals surface area contributed by atoms with Gasteiger partial charge in [-0.05, 0) is 27.2 Å². The van der Waals surface area contributed by atoms with Crippen LogP contribution in [0.2, 0.25) is 0 Å². The average molecular weight is 291 g/mol. The van der Waals surface area contributed by atoms with Gasteiger partial charge in [-0.1, -0.05) is 0 Å². The number of aromatic nitrogens is 4. The van der Waals surface area contributed by atoms with Gasteiger partial charge in [0.15, 0.2) is 0 Å². The first-order valence-corrected chi connectivity index (χ1v) is 7.23. The molecule has 3 atom stereocenters. The third-order valence-corrected chi connectivity index (χ3v) is 4.13. The molecule has 0 radical (unpaired) electrons. The molecule has 1 aliphatic carbocycles. The highest BCUT2D eigenvalue weighted by molar-refractivity contribution is 5.53. The predicted octanol–water partition coefficient (Wildman–Crippen LogP) is 1.35. The van der Waals surface area contributed by atoms with Crippen molar-refractivity contribution < 1.29 is 9.47 Å². The summed E-state index contributed by atoms with van der Waals surface area (Å²) in [5, 5.41) is 7.77. The molecule has 3 rings (SSSR count). The van der Waals surface area contributed by atoms with Gasteiger partial charge in [0, 0.05) is 25.0 Å². The highest BCUT2D eigenvalue weighted by atomic mass is 16.5. The SMILES string of the molecule is CCO[C@@H]1C[C@@H](Nc2c(C)c(C)nc3ncnn23)[C@@H]1OC. The normalized spacial score (nSPS) is 25.0. The largest absolute Gasteiger partial charge is 0.377 e. The van der Waals surface area contributed by atoms with Crippen LogP contribution in [-0.2, 0) is 9.47 Å². The molecule has 0 aromatic carbocycles. The van der Waals surface area contributed by atoms with Crippen LogP contribution in [0.4, 0.5) is 5.82 Å². The zero-order valence-corrected chi connectivity index (χ0v) is 12.8. The Kier molecular flexibility index (Phi) is 3.77. The molecular weight excluding hydrogens is 270 g/mol. The number of anilines is 1.